The smallest absolute Gasteiger partial charge is 0.264 e. The molecule has 1 fully saturated rings. The van der Waals surface area contributed by atoms with E-state index in [9.17, 15) is 14.0 Å². The molecule has 2 heterocycles. The number of thiophene rings is 1. The summed E-state index contributed by atoms with van der Waals surface area (Å²) in [6.45, 7) is 4.54. The number of Topliss-reactive ketones (excluding diaryl/α,β-unsaturated/α-hetero) is 1. The number of ether oxygens (including phenoxy) is 1. The second-order valence-electron chi connectivity index (χ2n) is 5.88. The van der Waals surface area contributed by atoms with Crippen molar-refractivity contribution in [2.24, 2.45) is 0 Å². The minimum Gasteiger partial charge on any atom is -0.370 e. The van der Waals surface area contributed by atoms with E-state index in [0.29, 0.717) is 35.7 Å². The molecule has 1 aliphatic rings. The zero-order chi connectivity index (χ0) is 17.3. The Bertz CT molecular complexity index is 786. The fraction of sp³-hybridized carbons (Fsp3) is 0.333. The first-order valence-electron chi connectivity index (χ1n) is 7.72. The molecule has 1 amide bonds. The lowest BCUT2D eigenvalue weighted by Crippen LogP contribution is -2.42. The van der Waals surface area contributed by atoms with E-state index in [0.717, 1.165) is 5.56 Å². The number of morpholine rings is 1. The molecule has 0 unspecified atom stereocenters. The van der Waals surface area contributed by atoms with Crippen molar-refractivity contribution >= 4 is 23.0 Å². The Balaban J connectivity index is 1.75. The van der Waals surface area contributed by atoms with Crippen LogP contribution < -0.4 is 0 Å². The normalized spacial score (nSPS) is 17.8. The Morgan fingerprint density at radius 2 is 2.12 bits per heavy atom. The van der Waals surface area contributed by atoms with Crippen molar-refractivity contribution in [3.63, 3.8) is 0 Å². The van der Waals surface area contributed by atoms with Crippen LogP contribution in [0.25, 0.3) is 0 Å². The van der Waals surface area contributed by atoms with E-state index in [4.69, 9.17) is 4.74 Å². The molecule has 1 aliphatic heterocycles. The molecular formula is C18H18FNO3S. The van der Waals surface area contributed by atoms with Crippen LogP contribution in [0.4, 0.5) is 4.39 Å². The highest BCUT2D eigenvalue weighted by Gasteiger charge is 2.27. The van der Waals surface area contributed by atoms with Crippen molar-refractivity contribution in [3.8, 4) is 0 Å². The molecule has 1 saturated heterocycles. The van der Waals surface area contributed by atoms with Gasteiger partial charge in [0.1, 0.15) is 11.9 Å². The largest absolute Gasteiger partial charge is 0.370 e. The number of halogens is 1. The molecule has 2 aromatic rings. The maximum Gasteiger partial charge on any atom is 0.264 e. The van der Waals surface area contributed by atoms with Crippen LogP contribution in [0, 0.1) is 12.7 Å². The minimum absolute atomic E-state index is 0.0491. The van der Waals surface area contributed by atoms with E-state index >= 15 is 0 Å². The Labute approximate surface area is 143 Å². The predicted octanol–water partition coefficient (Wildman–Crippen LogP) is 3.61. The van der Waals surface area contributed by atoms with Gasteiger partial charge in [0, 0.05) is 17.5 Å². The summed E-state index contributed by atoms with van der Waals surface area (Å²) in [5.74, 6) is -0.399. The number of nitrogens with zero attached hydrogens (tertiary/aromatic N) is 1. The SMILES string of the molecule is CC(=O)c1csc(C(=O)N2CCO[C@@H](c3ccc(F)c(C)c3)C2)c1. The summed E-state index contributed by atoms with van der Waals surface area (Å²) in [7, 11) is 0. The topological polar surface area (TPSA) is 46.6 Å². The molecular weight excluding hydrogens is 329 g/mol. The highest BCUT2D eigenvalue weighted by Crippen LogP contribution is 2.26. The van der Waals surface area contributed by atoms with Gasteiger partial charge in [0.15, 0.2) is 5.78 Å². The number of hydrogen-bond acceptors (Lipinski definition) is 4. The molecule has 1 aromatic carbocycles. The van der Waals surface area contributed by atoms with Gasteiger partial charge in [-0.3, -0.25) is 9.59 Å². The van der Waals surface area contributed by atoms with Gasteiger partial charge in [-0.25, -0.2) is 4.39 Å². The first-order valence-corrected chi connectivity index (χ1v) is 8.60. The lowest BCUT2D eigenvalue weighted by Gasteiger charge is -2.33. The Morgan fingerprint density at radius 1 is 1.33 bits per heavy atom. The molecule has 126 valence electrons. The number of hydrogen-bond donors (Lipinski definition) is 0. The van der Waals surface area contributed by atoms with E-state index in [2.05, 4.69) is 0 Å². The Kier molecular flexibility index (Phi) is 4.78. The first-order chi connectivity index (χ1) is 11.5. The van der Waals surface area contributed by atoms with E-state index in [1.807, 2.05) is 0 Å². The van der Waals surface area contributed by atoms with Gasteiger partial charge >= 0.3 is 0 Å². The van der Waals surface area contributed by atoms with Gasteiger partial charge in [0.05, 0.1) is 18.0 Å². The van der Waals surface area contributed by atoms with Gasteiger partial charge in [0.2, 0.25) is 0 Å². The second kappa shape index (κ2) is 6.83. The summed E-state index contributed by atoms with van der Waals surface area (Å²) in [5, 5.41) is 1.71. The third-order valence-electron chi connectivity index (χ3n) is 4.12. The van der Waals surface area contributed by atoms with Crippen molar-refractivity contribution in [2.45, 2.75) is 20.0 Å². The van der Waals surface area contributed by atoms with Gasteiger partial charge in [-0.15, -0.1) is 11.3 Å². The summed E-state index contributed by atoms with van der Waals surface area (Å²) < 4.78 is 19.2. The average molecular weight is 347 g/mol. The number of amides is 1. The predicted molar refractivity (Wildman–Crippen MR) is 90.1 cm³/mol. The third kappa shape index (κ3) is 3.39. The van der Waals surface area contributed by atoms with Gasteiger partial charge < -0.3 is 9.64 Å². The number of rotatable bonds is 3. The van der Waals surface area contributed by atoms with Crippen molar-refractivity contribution in [3.05, 3.63) is 57.0 Å². The number of aryl methyl sites for hydroxylation is 1. The number of carbonyl (C=O) groups is 2. The molecule has 4 nitrogen and oxygen atoms in total. The van der Waals surface area contributed by atoms with Gasteiger partial charge in [-0.1, -0.05) is 12.1 Å². The molecule has 0 spiro atoms. The average Bonchev–Trinajstić information content (AvgIpc) is 3.07. The van der Waals surface area contributed by atoms with Gasteiger partial charge in [-0.2, -0.15) is 0 Å². The number of carbonyl (C=O) groups excluding carboxylic acids is 2. The van der Waals surface area contributed by atoms with Crippen molar-refractivity contribution in [2.75, 3.05) is 19.7 Å². The highest BCUT2D eigenvalue weighted by atomic mass is 32.1. The second-order valence-corrected chi connectivity index (χ2v) is 6.79. The van der Waals surface area contributed by atoms with Crippen LogP contribution in [-0.2, 0) is 4.74 Å². The monoisotopic (exact) mass is 347 g/mol. The summed E-state index contributed by atoms with van der Waals surface area (Å²) in [5.41, 5.74) is 1.98. The molecule has 1 atom stereocenters. The van der Waals surface area contributed by atoms with E-state index in [1.165, 1.54) is 24.3 Å². The van der Waals surface area contributed by atoms with E-state index in [1.54, 1.807) is 35.4 Å². The summed E-state index contributed by atoms with van der Waals surface area (Å²) >= 11 is 1.28. The molecule has 3 rings (SSSR count). The summed E-state index contributed by atoms with van der Waals surface area (Å²) in [4.78, 5) is 26.3. The maximum atomic E-state index is 13.4. The zero-order valence-electron chi connectivity index (χ0n) is 13.5. The molecule has 0 aliphatic carbocycles. The van der Waals surface area contributed by atoms with Crippen LogP contribution in [0.1, 0.15) is 44.2 Å². The van der Waals surface area contributed by atoms with Crippen LogP contribution in [-0.4, -0.2) is 36.3 Å². The molecule has 6 heteroatoms. The van der Waals surface area contributed by atoms with Crippen LogP contribution in [0.3, 0.4) is 0 Å². The maximum absolute atomic E-state index is 13.4. The highest BCUT2D eigenvalue weighted by molar-refractivity contribution is 7.12. The Morgan fingerprint density at radius 3 is 2.79 bits per heavy atom. The standard InChI is InChI=1S/C18H18FNO3S/c1-11-7-13(3-4-15(11)19)16-9-20(5-6-23-16)18(22)17-8-14(10-24-17)12(2)21/h3-4,7-8,10,16H,5-6,9H2,1-2H3/t16-/m1/s1. The Hall–Kier alpha value is -2.05. The lowest BCUT2D eigenvalue weighted by molar-refractivity contribution is -0.0227. The van der Waals surface area contributed by atoms with E-state index < -0.39 is 0 Å². The fourth-order valence-corrected chi connectivity index (χ4v) is 3.61. The van der Waals surface area contributed by atoms with Gasteiger partial charge in [0.25, 0.3) is 5.91 Å². The lowest BCUT2D eigenvalue weighted by atomic mass is 10.0. The van der Waals surface area contributed by atoms with Crippen molar-refractivity contribution < 1.29 is 18.7 Å². The van der Waals surface area contributed by atoms with Crippen LogP contribution in [0.15, 0.2) is 29.6 Å². The molecule has 0 bridgehead atoms. The van der Waals surface area contributed by atoms with Crippen LogP contribution >= 0.6 is 11.3 Å². The summed E-state index contributed by atoms with van der Waals surface area (Å²) in [6, 6.07) is 6.52. The number of ketones is 1. The third-order valence-corrected chi connectivity index (χ3v) is 5.04. The fourth-order valence-electron chi connectivity index (χ4n) is 2.69. The van der Waals surface area contributed by atoms with Gasteiger partial charge in [-0.05, 0) is 37.1 Å². The van der Waals surface area contributed by atoms with Crippen LogP contribution in [0.2, 0.25) is 0 Å². The molecule has 1 aromatic heterocycles. The van der Waals surface area contributed by atoms with Crippen molar-refractivity contribution in [1.29, 1.82) is 0 Å². The van der Waals surface area contributed by atoms with Crippen molar-refractivity contribution in [1.82, 2.24) is 4.90 Å². The van der Waals surface area contributed by atoms with E-state index in [-0.39, 0.29) is 23.6 Å². The molecule has 0 radical (unpaired) electrons. The van der Waals surface area contributed by atoms with Crippen LogP contribution in [0.5, 0.6) is 0 Å². The molecule has 24 heavy (non-hydrogen) atoms. The molecule has 0 N–H and O–H groups in total. The zero-order valence-corrected chi connectivity index (χ0v) is 14.4. The molecule has 0 saturated carbocycles. The number of benzene rings is 1. The quantitative estimate of drug-likeness (QED) is 0.797. The minimum atomic E-state index is -0.269. The first kappa shape index (κ1) is 16.8. The summed E-state index contributed by atoms with van der Waals surface area (Å²) in [6.07, 6.45) is -0.269.